The van der Waals surface area contributed by atoms with Gasteiger partial charge in [0.2, 0.25) is 0 Å². The summed E-state index contributed by atoms with van der Waals surface area (Å²) >= 11 is 0. The second kappa shape index (κ2) is 8.35. The lowest BCUT2D eigenvalue weighted by Crippen LogP contribution is -2.39. The zero-order chi connectivity index (χ0) is 13.4. The van der Waals surface area contributed by atoms with Crippen LogP contribution in [0.3, 0.4) is 0 Å². The summed E-state index contributed by atoms with van der Waals surface area (Å²) < 4.78 is 0. The lowest BCUT2D eigenvalue weighted by atomic mass is 10.0. The molecule has 106 valence electrons. The number of guanidine groups is 1. The van der Waals surface area contributed by atoms with Crippen molar-refractivity contribution in [2.45, 2.75) is 65.0 Å². The van der Waals surface area contributed by atoms with E-state index in [0.717, 1.165) is 32.0 Å². The van der Waals surface area contributed by atoms with Crippen molar-refractivity contribution < 1.29 is 0 Å². The predicted molar refractivity (Wildman–Crippen MR) is 78.9 cm³/mol. The van der Waals surface area contributed by atoms with Crippen LogP contribution in [-0.4, -0.2) is 42.6 Å². The number of rotatable bonds is 6. The highest BCUT2D eigenvalue weighted by molar-refractivity contribution is 5.78. The Morgan fingerprint density at radius 2 is 2.28 bits per heavy atom. The van der Waals surface area contributed by atoms with Crippen molar-refractivity contribution in [2.24, 2.45) is 10.7 Å². The van der Waals surface area contributed by atoms with E-state index in [1.165, 1.54) is 25.8 Å². The summed E-state index contributed by atoms with van der Waals surface area (Å²) in [5.74, 6) is 0.594. The van der Waals surface area contributed by atoms with Crippen molar-refractivity contribution in [1.82, 2.24) is 10.2 Å². The van der Waals surface area contributed by atoms with Gasteiger partial charge >= 0.3 is 0 Å². The van der Waals surface area contributed by atoms with Crippen LogP contribution < -0.4 is 11.1 Å². The highest BCUT2D eigenvalue weighted by atomic mass is 15.2. The fourth-order valence-corrected chi connectivity index (χ4v) is 2.36. The number of hydrogen-bond donors (Lipinski definition) is 2. The van der Waals surface area contributed by atoms with Gasteiger partial charge in [-0.15, -0.1) is 0 Å². The first-order valence-corrected chi connectivity index (χ1v) is 7.44. The minimum Gasteiger partial charge on any atom is -0.370 e. The molecule has 0 radical (unpaired) electrons. The minimum atomic E-state index is 0.413. The van der Waals surface area contributed by atoms with E-state index in [4.69, 9.17) is 5.73 Å². The number of aliphatic imine (C=N–C) groups is 1. The molecule has 0 saturated carbocycles. The van der Waals surface area contributed by atoms with Crippen LogP contribution in [0.4, 0.5) is 0 Å². The number of nitrogens with one attached hydrogen (secondary N) is 1. The van der Waals surface area contributed by atoms with Gasteiger partial charge in [-0.2, -0.15) is 0 Å². The molecule has 0 bridgehead atoms. The average molecular weight is 254 g/mol. The molecule has 4 nitrogen and oxygen atoms in total. The van der Waals surface area contributed by atoms with Crippen LogP contribution in [0.5, 0.6) is 0 Å². The quantitative estimate of drug-likeness (QED) is 0.433. The molecule has 4 heteroatoms. The monoisotopic (exact) mass is 254 g/mol. The zero-order valence-electron chi connectivity index (χ0n) is 12.3. The number of likely N-dealkylation sites (tertiary alicyclic amines) is 1. The van der Waals surface area contributed by atoms with Crippen LogP contribution in [0.15, 0.2) is 4.99 Å². The number of nitrogens with zero attached hydrogens (tertiary/aromatic N) is 2. The third-order valence-corrected chi connectivity index (χ3v) is 3.83. The maximum absolute atomic E-state index is 5.82. The maximum atomic E-state index is 5.82. The summed E-state index contributed by atoms with van der Waals surface area (Å²) in [5, 5.41) is 3.19. The Balaban J connectivity index is 2.15. The Labute approximate surface area is 112 Å². The molecule has 0 amide bonds. The number of hydrogen-bond acceptors (Lipinski definition) is 2. The first-order valence-electron chi connectivity index (χ1n) is 7.44. The summed E-state index contributed by atoms with van der Waals surface area (Å²) in [4.78, 5) is 6.96. The van der Waals surface area contributed by atoms with Crippen molar-refractivity contribution in [3.8, 4) is 0 Å². The molecule has 1 saturated heterocycles. The van der Waals surface area contributed by atoms with Crippen LogP contribution in [0.2, 0.25) is 0 Å². The molecule has 0 aliphatic carbocycles. The zero-order valence-corrected chi connectivity index (χ0v) is 12.3. The topological polar surface area (TPSA) is 53.6 Å². The minimum absolute atomic E-state index is 0.413. The molecule has 0 aromatic rings. The van der Waals surface area contributed by atoms with Gasteiger partial charge in [0, 0.05) is 25.2 Å². The van der Waals surface area contributed by atoms with Gasteiger partial charge in [-0.25, -0.2) is 0 Å². The number of piperidine rings is 1. The molecule has 1 aliphatic rings. The smallest absolute Gasteiger partial charge is 0.188 e. The third-order valence-electron chi connectivity index (χ3n) is 3.83. The molecular formula is C14H30N4. The van der Waals surface area contributed by atoms with E-state index < -0.39 is 0 Å². The van der Waals surface area contributed by atoms with Crippen molar-refractivity contribution in [3.05, 3.63) is 0 Å². The summed E-state index contributed by atoms with van der Waals surface area (Å²) in [6.45, 7) is 9.84. The van der Waals surface area contributed by atoms with E-state index in [9.17, 15) is 0 Å². The molecule has 1 fully saturated rings. The molecule has 3 N–H and O–H groups in total. The van der Waals surface area contributed by atoms with E-state index in [2.05, 4.69) is 36.0 Å². The molecule has 0 aromatic heterocycles. The summed E-state index contributed by atoms with van der Waals surface area (Å²) in [7, 11) is 0. The van der Waals surface area contributed by atoms with E-state index >= 15 is 0 Å². The van der Waals surface area contributed by atoms with Gasteiger partial charge in [-0.3, -0.25) is 4.99 Å². The van der Waals surface area contributed by atoms with E-state index in [1.54, 1.807) is 0 Å². The van der Waals surface area contributed by atoms with E-state index in [-0.39, 0.29) is 0 Å². The fraction of sp³-hybridized carbons (Fsp3) is 0.929. The standard InChI is InChI=1S/C14H30N4/c1-4-12(2)17-14(15)16-9-7-11-18-10-6-5-8-13(18)3/h12-13H,4-11H2,1-3H3,(H3,15,16,17). The molecule has 2 unspecified atom stereocenters. The normalized spacial score (nSPS) is 23.9. The van der Waals surface area contributed by atoms with E-state index in [1.807, 2.05) is 0 Å². The average Bonchev–Trinajstić information content (AvgIpc) is 2.36. The second-order valence-corrected chi connectivity index (χ2v) is 5.45. The molecule has 2 atom stereocenters. The van der Waals surface area contributed by atoms with Gasteiger partial charge < -0.3 is 16.0 Å². The molecule has 18 heavy (non-hydrogen) atoms. The van der Waals surface area contributed by atoms with Gasteiger partial charge in [0.15, 0.2) is 5.96 Å². The molecule has 1 aliphatic heterocycles. The van der Waals surface area contributed by atoms with Gasteiger partial charge in [-0.1, -0.05) is 13.3 Å². The van der Waals surface area contributed by atoms with Gasteiger partial charge in [-0.05, 0) is 46.1 Å². The van der Waals surface area contributed by atoms with Crippen LogP contribution in [0.1, 0.15) is 52.9 Å². The number of nitrogens with two attached hydrogens (primary N) is 1. The van der Waals surface area contributed by atoms with Crippen molar-refractivity contribution in [3.63, 3.8) is 0 Å². The summed E-state index contributed by atoms with van der Waals surface area (Å²) in [5.41, 5.74) is 5.82. The summed E-state index contributed by atoms with van der Waals surface area (Å²) in [6, 6.07) is 1.16. The van der Waals surface area contributed by atoms with Crippen molar-refractivity contribution >= 4 is 5.96 Å². The van der Waals surface area contributed by atoms with Gasteiger partial charge in [0.25, 0.3) is 0 Å². The Morgan fingerprint density at radius 1 is 1.50 bits per heavy atom. The Morgan fingerprint density at radius 3 is 2.94 bits per heavy atom. The third kappa shape index (κ3) is 5.71. The SMILES string of the molecule is CCC(C)NC(N)=NCCCN1CCCCC1C. The Bertz CT molecular complexity index is 252. The molecular weight excluding hydrogens is 224 g/mol. The lowest BCUT2D eigenvalue weighted by Gasteiger charge is -2.33. The highest BCUT2D eigenvalue weighted by Gasteiger charge is 2.16. The predicted octanol–water partition coefficient (Wildman–Crippen LogP) is 1.95. The Hall–Kier alpha value is -0.770. The highest BCUT2D eigenvalue weighted by Crippen LogP contribution is 2.16. The molecule has 1 heterocycles. The first kappa shape index (κ1) is 15.3. The lowest BCUT2D eigenvalue weighted by molar-refractivity contribution is 0.160. The van der Waals surface area contributed by atoms with Gasteiger partial charge in [0.1, 0.15) is 0 Å². The van der Waals surface area contributed by atoms with Crippen LogP contribution in [0.25, 0.3) is 0 Å². The largest absolute Gasteiger partial charge is 0.370 e. The van der Waals surface area contributed by atoms with Crippen LogP contribution in [0, 0.1) is 0 Å². The molecule has 0 aromatic carbocycles. The van der Waals surface area contributed by atoms with E-state index in [0.29, 0.717) is 12.0 Å². The summed E-state index contributed by atoms with van der Waals surface area (Å²) in [6.07, 6.45) is 6.27. The molecule has 1 rings (SSSR count). The second-order valence-electron chi connectivity index (χ2n) is 5.45. The fourth-order valence-electron chi connectivity index (χ4n) is 2.36. The molecule has 0 spiro atoms. The van der Waals surface area contributed by atoms with Crippen molar-refractivity contribution in [2.75, 3.05) is 19.6 Å². The van der Waals surface area contributed by atoms with Crippen LogP contribution in [-0.2, 0) is 0 Å². The maximum Gasteiger partial charge on any atom is 0.188 e. The Kier molecular flexibility index (Phi) is 7.09. The first-order chi connectivity index (χ1) is 8.63. The van der Waals surface area contributed by atoms with Gasteiger partial charge in [0.05, 0.1) is 0 Å². The van der Waals surface area contributed by atoms with Crippen molar-refractivity contribution in [1.29, 1.82) is 0 Å². The van der Waals surface area contributed by atoms with Crippen LogP contribution >= 0.6 is 0 Å².